The van der Waals surface area contributed by atoms with Gasteiger partial charge in [-0.2, -0.15) is 5.10 Å². The van der Waals surface area contributed by atoms with Crippen molar-refractivity contribution < 1.29 is 14.6 Å². The number of aliphatic hydroxyl groups is 1. The molecule has 2 aromatic rings. The lowest BCUT2D eigenvalue weighted by molar-refractivity contribution is 0.0270. The van der Waals surface area contributed by atoms with Crippen LogP contribution in [0.4, 0.5) is 4.79 Å². The lowest BCUT2D eigenvalue weighted by Gasteiger charge is -2.29. The van der Waals surface area contributed by atoms with Gasteiger partial charge < -0.3 is 14.7 Å². The van der Waals surface area contributed by atoms with E-state index in [0.717, 1.165) is 17.5 Å². The van der Waals surface area contributed by atoms with Crippen molar-refractivity contribution in [1.82, 2.24) is 19.7 Å². The van der Waals surface area contributed by atoms with Crippen LogP contribution in [0.3, 0.4) is 0 Å². The van der Waals surface area contributed by atoms with Gasteiger partial charge in [-0.05, 0) is 52.2 Å². The van der Waals surface area contributed by atoms with Crippen molar-refractivity contribution in [1.29, 1.82) is 0 Å². The molecule has 0 atom stereocenters. The normalized spacial score (nSPS) is 15.2. The van der Waals surface area contributed by atoms with Crippen LogP contribution < -0.4 is 0 Å². The molecule has 3 rings (SSSR count). The van der Waals surface area contributed by atoms with Gasteiger partial charge in [0.1, 0.15) is 11.9 Å². The number of hydrogen-bond acceptors (Lipinski definition) is 5. The smallest absolute Gasteiger partial charge is 0.410 e. The molecule has 0 unspecified atom stereocenters. The summed E-state index contributed by atoms with van der Waals surface area (Å²) in [4.78, 5) is 18.3. The number of nitrogens with zero attached hydrogens (tertiary/aromatic N) is 4. The molecule has 156 valence electrons. The average Bonchev–Trinajstić information content (AvgIpc) is 3.07. The van der Waals surface area contributed by atoms with Crippen LogP contribution in [0.1, 0.15) is 46.6 Å². The molecule has 0 spiro atoms. The van der Waals surface area contributed by atoms with E-state index in [4.69, 9.17) is 4.74 Å². The van der Waals surface area contributed by atoms with E-state index < -0.39 is 11.2 Å². The predicted octanol–water partition coefficient (Wildman–Crippen LogP) is 3.74. The Hall–Kier alpha value is -2.67. The van der Waals surface area contributed by atoms with Gasteiger partial charge in [0.2, 0.25) is 0 Å². The molecular weight excluding hydrogens is 368 g/mol. The van der Waals surface area contributed by atoms with Gasteiger partial charge in [0.25, 0.3) is 0 Å². The van der Waals surface area contributed by atoms with Crippen LogP contribution >= 0.6 is 0 Å². The van der Waals surface area contributed by atoms with Crippen molar-refractivity contribution in [2.75, 3.05) is 13.1 Å². The molecule has 29 heavy (non-hydrogen) atoms. The van der Waals surface area contributed by atoms with E-state index in [1.807, 2.05) is 32.9 Å². The fourth-order valence-corrected chi connectivity index (χ4v) is 3.16. The predicted molar refractivity (Wildman–Crippen MR) is 112 cm³/mol. The molecule has 1 aliphatic rings. The molecule has 1 aliphatic heterocycles. The number of ether oxygens (including phenoxy) is 1. The first-order valence-electron chi connectivity index (χ1n) is 9.90. The molecule has 0 saturated heterocycles. The van der Waals surface area contributed by atoms with Crippen molar-refractivity contribution in [3.05, 3.63) is 42.2 Å². The molecule has 0 aliphatic carbocycles. The van der Waals surface area contributed by atoms with E-state index in [0.29, 0.717) is 25.5 Å². The minimum atomic E-state index is -0.838. The number of benzene rings is 1. The van der Waals surface area contributed by atoms with E-state index in [1.165, 1.54) is 5.57 Å². The monoisotopic (exact) mass is 398 g/mol. The first-order valence-corrected chi connectivity index (χ1v) is 9.90. The summed E-state index contributed by atoms with van der Waals surface area (Å²) in [5.74, 6) is 0.634. The van der Waals surface area contributed by atoms with Gasteiger partial charge in [-0.1, -0.05) is 30.3 Å². The number of carbonyl (C=O) groups is 1. The maximum absolute atomic E-state index is 12.2. The van der Waals surface area contributed by atoms with Gasteiger partial charge in [0.05, 0.1) is 12.1 Å². The Balaban J connectivity index is 1.64. The van der Waals surface area contributed by atoms with Crippen LogP contribution in [0, 0.1) is 0 Å². The molecule has 0 saturated carbocycles. The van der Waals surface area contributed by atoms with Crippen LogP contribution in [-0.2, 0) is 11.3 Å². The lowest BCUT2D eigenvalue weighted by Crippen LogP contribution is -2.39. The average molecular weight is 399 g/mol. The summed E-state index contributed by atoms with van der Waals surface area (Å²) in [5.41, 5.74) is 1.96. The number of rotatable bonds is 4. The molecule has 0 bridgehead atoms. The van der Waals surface area contributed by atoms with Gasteiger partial charge in [0, 0.05) is 18.7 Å². The highest BCUT2D eigenvalue weighted by molar-refractivity contribution is 5.73. The SMILES string of the molecule is CC(C)(O)Cn1cnc(-c2ccc(C3=CCN(C(=O)OC(C)(C)C)CC3)cc2)n1. The van der Waals surface area contributed by atoms with Crippen LogP contribution in [0.25, 0.3) is 17.0 Å². The maximum Gasteiger partial charge on any atom is 0.410 e. The summed E-state index contributed by atoms with van der Waals surface area (Å²) in [6, 6.07) is 8.11. The van der Waals surface area contributed by atoms with E-state index in [9.17, 15) is 9.90 Å². The Morgan fingerprint density at radius 3 is 2.34 bits per heavy atom. The highest BCUT2D eigenvalue weighted by Crippen LogP contribution is 2.25. The molecule has 7 nitrogen and oxygen atoms in total. The highest BCUT2D eigenvalue weighted by atomic mass is 16.6. The Labute approximate surface area is 172 Å². The molecular formula is C22H30N4O3. The molecule has 1 N–H and O–H groups in total. The second kappa shape index (κ2) is 7.99. The highest BCUT2D eigenvalue weighted by Gasteiger charge is 2.24. The van der Waals surface area contributed by atoms with Gasteiger partial charge in [-0.25, -0.2) is 14.5 Å². The van der Waals surface area contributed by atoms with E-state index in [1.54, 1.807) is 29.8 Å². The third-order valence-electron chi connectivity index (χ3n) is 4.46. The number of amides is 1. The summed E-state index contributed by atoms with van der Waals surface area (Å²) in [6.45, 7) is 10.7. The number of carbonyl (C=O) groups excluding carboxylic acids is 1. The molecule has 0 radical (unpaired) electrons. The third kappa shape index (κ3) is 5.90. The molecule has 1 aromatic carbocycles. The van der Waals surface area contributed by atoms with Crippen molar-refractivity contribution in [2.24, 2.45) is 0 Å². The number of hydrogen-bond donors (Lipinski definition) is 1. The second-order valence-electron chi connectivity index (χ2n) is 9.06. The molecule has 1 amide bonds. The quantitative estimate of drug-likeness (QED) is 0.849. The molecule has 2 heterocycles. The van der Waals surface area contributed by atoms with Crippen LogP contribution in [0.2, 0.25) is 0 Å². The Morgan fingerprint density at radius 2 is 1.79 bits per heavy atom. The Kier molecular flexibility index (Phi) is 5.80. The summed E-state index contributed by atoms with van der Waals surface area (Å²) in [7, 11) is 0. The minimum Gasteiger partial charge on any atom is -0.444 e. The summed E-state index contributed by atoms with van der Waals surface area (Å²) in [5, 5.41) is 14.4. The third-order valence-corrected chi connectivity index (χ3v) is 4.46. The Morgan fingerprint density at radius 1 is 1.14 bits per heavy atom. The van der Waals surface area contributed by atoms with Crippen molar-refractivity contribution in [3.63, 3.8) is 0 Å². The summed E-state index contributed by atoms with van der Waals surface area (Å²) in [6.07, 6.45) is 4.24. The maximum atomic E-state index is 12.2. The molecule has 7 heteroatoms. The lowest BCUT2D eigenvalue weighted by atomic mass is 9.98. The van der Waals surface area contributed by atoms with Gasteiger partial charge >= 0.3 is 6.09 Å². The zero-order valence-electron chi connectivity index (χ0n) is 17.8. The van der Waals surface area contributed by atoms with Crippen LogP contribution in [-0.4, -0.2) is 55.2 Å². The summed E-state index contributed by atoms with van der Waals surface area (Å²) < 4.78 is 7.09. The van der Waals surface area contributed by atoms with Gasteiger partial charge in [0.15, 0.2) is 5.82 Å². The van der Waals surface area contributed by atoms with Crippen molar-refractivity contribution in [3.8, 4) is 11.4 Å². The fraction of sp³-hybridized carbons (Fsp3) is 0.500. The molecule has 0 fully saturated rings. The summed E-state index contributed by atoms with van der Waals surface area (Å²) >= 11 is 0. The Bertz CT molecular complexity index is 886. The van der Waals surface area contributed by atoms with Crippen molar-refractivity contribution in [2.45, 2.75) is 58.8 Å². The first-order chi connectivity index (χ1) is 13.5. The minimum absolute atomic E-state index is 0.268. The van der Waals surface area contributed by atoms with E-state index in [-0.39, 0.29) is 6.09 Å². The second-order valence-corrected chi connectivity index (χ2v) is 9.06. The zero-order chi connectivity index (χ0) is 21.2. The first kappa shape index (κ1) is 21.0. The van der Waals surface area contributed by atoms with E-state index in [2.05, 4.69) is 28.3 Å². The number of aromatic nitrogens is 3. The van der Waals surface area contributed by atoms with E-state index >= 15 is 0 Å². The van der Waals surface area contributed by atoms with Gasteiger partial charge in [-0.15, -0.1) is 0 Å². The molecule has 1 aromatic heterocycles. The largest absolute Gasteiger partial charge is 0.444 e. The zero-order valence-corrected chi connectivity index (χ0v) is 17.8. The van der Waals surface area contributed by atoms with Gasteiger partial charge in [-0.3, -0.25) is 0 Å². The fourth-order valence-electron chi connectivity index (χ4n) is 3.16. The standard InChI is InChI=1S/C22H30N4O3/c1-21(2,3)29-20(27)25-12-10-17(11-13-25)16-6-8-18(9-7-16)19-23-15-26(24-19)14-22(4,5)28/h6-10,15,28H,11-14H2,1-5H3. The van der Waals surface area contributed by atoms with Crippen molar-refractivity contribution >= 4 is 11.7 Å². The van der Waals surface area contributed by atoms with Crippen LogP contribution in [0.15, 0.2) is 36.7 Å². The van der Waals surface area contributed by atoms with Crippen LogP contribution in [0.5, 0.6) is 0 Å². The topological polar surface area (TPSA) is 80.5 Å².